The molecule has 0 atom stereocenters. The van der Waals surface area contributed by atoms with Crippen molar-refractivity contribution < 1.29 is 4.52 Å². The third-order valence-electron chi connectivity index (χ3n) is 5.54. The molecule has 3 heterocycles. The van der Waals surface area contributed by atoms with Gasteiger partial charge in [-0.2, -0.15) is 0 Å². The molecule has 1 aliphatic heterocycles. The van der Waals surface area contributed by atoms with E-state index in [-0.39, 0.29) is 5.56 Å². The number of aromatic nitrogens is 3. The first-order valence-electron chi connectivity index (χ1n) is 9.54. The van der Waals surface area contributed by atoms with E-state index in [1.165, 1.54) is 0 Å². The second-order valence-corrected chi connectivity index (χ2v) is 7.54. The molecular formula is C21H22N4O2. The molecule has 1 aliphatic carbocycles. The lowest BCUT2D eigenvalue weighted by Crippen LogP contribution is -2.36. The molecule has 1 N–H and O–H groups in total. The second-order valence-electron chi connectivity index (χ2n) is 7.54. The van der Waals surface area contributed by atoms with Gasteiger partial charge in [0.05, 0.1) is 11.3 Å². The molecule has 1 aromatic carbocycles. The normalized spacial score (nSPS) is 17.1. The molecule has 0 unspecified atom stereocenters. The number of aryl methyl sites for hydroxylation is 1. The first kappa shape index (κ1) is 16.4. The predicted octanol–water partition coefficient (Wildman–Crippen LogP) is 3.17. The van der Waals surface area contributed by atoms with Gasteiger partial charge in [0.1, 0.15) is 17.3 Å². The first-order valence-corrected chi connectivity index (χ1v) is 9.54. The van der Waals surface area contributed by atoms with Gasteiger partial charge in [0.15, 0.2) is 0 Å². The van der Waals surface area contributed by atoms with E-state index in [4.69, 9.17) is 9.51 Å². The van der Waals surface area contributed by atoms with Crippen molar-refractivity contribution in [2.75, 3.05) is 6.54 Å². The Morgan fingerprint density at radius 2 is 2.07 bits per heavy atom. The largest absolute Gasteiger partial charge is 0.361 e. The van der Waals surface area contributed by atoms with Crippen molar-refractivity contribution in [3.8, 4) is 11.3 Å². The maximum atomic E-state index is 12.6. The molecule has 0 spiro atoms. The maximum Gasteiger partial charge on any atom is 0.255 e. The molecule has 5 rings (SSSR count). The standard InChI is InChI=1S/C21H22N4O2/c1-13-16(19(24-27-13)14-5-3-2-4-6-14)11-25-10-9-18-17(12-25)21(26)23-20(22-18)15-7-8-15/h2-6,15H,7-12H2,1H3,(H,22,23,26). The average molecular weight is 362 g/mol. The molecule has 0 saturated heterocycles. The molecule has 2 aromatic heterocycles. The van der Waals surface area contributed by atoms with Crippen LogP contribution in [0.3, 0.4) is 0 Å². The van der Waals surface area contributed by atoms with Crippen LogP contribution in [0.1, 0.15) is 47.2 Å². The Labute approximate surface area is 157 Å². The number of fused-ring (bicyclic) bond motifs is 1. The molecule has 27 heavy (non-hydrogen) atoms. The van der Waals surface area contributed by atoms with Gasteiger partial charge in [-0.05, 0) is 19.8 Å². The number of H-pyrrole nitrogens is 1. The van der Waals surface area contributed by atoms with E-state index < -0.39 is 0 Å². The topological polar surface area (TPSA) is 75.0 Å². The van der Waals surface area contributed by atoms with Crippen LogP contribution in [0.5, 0.6) is 0 Å². The first-order chi connectivity index (χ1) is 13.2. The van der Waals surface area contributed by atoms with Crippen LogP contribution in [0.15, 0.2) is 39.6 Å². The molecule has 1 fully saturated rings. The van der Waals surface area contributed by atoms with Gasteiger partial charge < -0.3 is 9.51 Å². The zero-order chi connectivity index (χ0) is 18.4. The van der Waals surface area contributed by atoms with Crippen LogP contribution < -0.4 is 5.56 Å². The average Bonchev–Trinajstić information content (AvgIpc) is 3.48. The summed E-state index contributed by atoms with van der Waals surface area (Å²) in [6.45, 7) is 4.15. The minimum Gasteiger partial charge on any atom is -0.361 e. The van der Waals surface area contributed by atoms with Gasteiger partial charge in [0.2, 0.25) is 0 Å². The van der Waals surface area contributed by atoms with Crippen molar-refractivity contribution in [1.29, 1.82) is 0 Å². The van der Waals surface area contributed by atoms with Gasteiger partial charge in [-0.25, -0.2) is 4.98 Å². The van der Waals surface area contributed by atoms with E-state index in [9.17, 15) is 4.79 Å². The molecule has 6 nitrogen and oxygen atoms in total. The Hall–Kier alpha value is -2.73. The van der Waals surface area contributed by atoms with E-state index in [1.807, 2.05) is 37.3 Å². The molecule has 0 radical (unpaired) electrons. The second kappa shape index (κ2) is 6.46. The molecule has 2 aliphatic rings. The summed E-state index contributed by atoms with van der Waals surface area (Å²) in [4.78, 5) is 22.6. The van der Waals surface area contributed by atoms with Gasteiger partial charge in [-0.1, -0.05) is 35.5 Å². The van der Waals surface area contributed by atoms with Crippen molar-refractivity contribution in [1.82, 2.24) is 20.0 Å². The minimum atomic E-state index is 0.0249. The monoisotopic (exact) mass is 362 g/mol. The number of rotatable bonds is 4. The van der Waals surface area contributed by atoms with E-state index in [0.717, 1.165) is 65.5 Å². The molecule has 3 aromatic rings. The number of nitrogens with one attached hydrogen (secondary N) is 1. The summed E-state index contributed by atoms with van der Waals surface area (Å²) in [7, 11) is 0. The maximum absolute atomic E-state index is 12.6. The third kappa shape index (κ3) is 3.10. The highest BCUT2D eigenvalue weighted by atomic mass is 16.5. The fourth-order valence-electron chi connectivity index (χ4n) is 3.81. The summed E-state index contributed by atoms with van der Waals surface area (Å²) >= 11 is 0. The lowest BCUT2D eigenvalue weighted by atomic mass is 10.0. The zero-order valence-electron chi connectivity index (χ0n) is 15.4. The molecule has 6 heteroatoms. The third-order valence-corrected chi connectivity index (χ3v) is 5.54. The Bertz CT molecular complexity index is 1030. The van der Waals surface area contributed by atoms with E-state index in [1.54, 1.807) is 0 Å². The van der Waals surface area contributed by atoms with Crippen LogP contribution in [0, 0.1) is 6.92 Å². The van der Waals surface area contributed by atoms with Crippen molar-refractivity contribution in [3.05, 3.63) is 69.1 Å². The molecule has 0 bridgehead atoms. The number of nitrogens with zero attached hydrogens (tertiary/aromatic N) is 3. The van der Waals surface area contributed by atoms with Crippen LogP contribution in [-0.4, -0.2) is 26.6 Å². The van der Waals surface area contributed by atoms with Crippen molar-refractivity contribution >= 4 is 0 Å². The van der Waals surface area contributed by atoms with Gasteiger partial charge in [-0.15, -0.1) is 0 Å². The van der Waals surface area contributed by atoms with Crippen LogP contribution >= 0.6 is 0 Å². The highest BCUT2D eigenvalue weighted by molar-refractivity contribution is 5.63. The molecule has 1 saturated carbocycles. The van der Waals surface area contributed by atoms with Gasteiger partial charge in [0, 0.05) is 43.1 Å². The lowest BCUT2D eigenvalue weighted by Gasteiger charge is -2.27. The quantitative estimate of drug-likeness (QED) is 0.772. The number of hydrogen-bond acceptors (Lipinski definition) is 5. The van der Waals surface area contributed by atoms with Crippen molar-refractivity contribution in [3.63, 3.8) is 0 Å². The highest BCUT2D eigenvalue weighted by Gasteiger charge is 2.29. The molecule has 0 amide bonds. The summed E-state index contributed by atoms with van der Waals surface area (Å²) in [5, 5.41) is 4.27. The van der Waals surface area contributed by atoms with Crippen LogP contribution in [-0.2, 0) is 19.5 Å². The highest BCUT2D eigenvalue weighted by Crippen LogP contribution is 2.38. The van der Waals surface area contributed by atoms with Gasteiger partial charge in [0.25, 0.3) is 5.56 Å². The van der Waals surface area contributed by atoms with Crippen molar-refractivity contribution in [2.45, 2.75) is 45.2 Å². The summed E-state index contributed by atoms with van der Waals surface area (Å²) in [5.74, 6) is 2.18. The summed E-state index contributed by atoms with van der Waals surface area (Å²) in [5.41, 5.74) is 4.83. The number of aromatic amines is 1. The number of hydrogen-bond donors (Lipinski definition) is 1. The SMILES string of the molecule is Cc1onc(-c2ccccc2)c1CN1CCc2nc(C3CC3)[nH]c(=O)c2C1. The Kier molecular flexibility index (Phi) is 3.93. The van der Waals surface area contributed by atoms with Gasteiger partial charge in [-0.3, -0.25) is 9.69 Å². The predicted molar refractivity (Wildman–Crippen MR) is 101 cm³/mol. The van der Waals surface area contributed by atoms with E-state index >= 15 is 0 Å². The van der Waals surface area contributed by atoms with Crippen LogP contribution in [0.25, 0.3) is 11.3 Å². The van der Waals surface area contributed by atoms with E-state index in [2.05, 4.69) is 15.0 Å². The summed E-state index contributed by atoms with van der Waals surface area (Å²) in [6, 6.07) is 10.1. The minimum absolute atomic E-state index is 0.0249. The Morgan fingerprint density at radius 1 is 1.26 bits per heavy atom. The van der Waals surface area contributed by atoms with Crippen molar-refractivity contribution in [2.24, 2.45) is 0 Å². The Morgan fingerprint density at radius 3 is 2.85 bits per heavy atom. The van der Waals surface area contributed by atoms with Crippen LogP contribution in [0.2, 0.25) is 0 Å². The fourth-order valence-corrected chi connectivity index (χ4v) is 3.81. The smallest absolute Gasteiger partial charge is 0.255 e. The summed E-state index contributed by atoms with van der Waals surface area (Å²) in [6.07, 6.45) is 3.09. The fraction of sp³-hybridized carbons (Fsp3) is 0.381. The Balaban J connectivity index is 1.41. The summed E-state index contributed by atoms with van der Waals surface area (Å²) < 4.78 is 5.48. The zero-order valence-corrected chi connectivity index (χ0v) is 15.4. The number of benzene rings is 1. The molecule has 138 valence electrons. The lowest BCUT2D eigenvalue weighted by molar-refractivity contribution is 0.240. The van der Waals surface area contributed by atoms with E-state index in [0.29, 0.717) is 19.0 Å². The molecular weight excluding hydrogens is 340 g/mol. The van der Waals surface area contributed by atoms with Gasteiger partial charge >= 0.3 is 0 Å². The van der Waals surface area contributed by atoms with Crippen LogP contribution in [0.4, 0.5) is 0 Å².